The molecular weight excluding hydrogens is 301 g/mol. The third kappa shape index (κ3) is 4.72. The molecule has 0 radical (unpaired) electrons. The van der Waals surface area contributed by atoms with Gasteiger partial charge in [0.1, 0.15) is 6.54 Å². The molecule has 94 valence electrons. The number of hydrogen-bond acceptors (Lipinski definition) is 2. The summed E-state index contributed by atoms with van der Waals surface area (Å²) in [6, 6.07) is 2.78. The lowest BCUT2D eigenvalue weighted by molar-refractivity contribution is -0.140. The second-order valence-electron chi connectivity index (χ2n) is 3.27. The minimum Gasteiger partial charge on any atom is -0.329 e. The smallest absolute Gasteiger partial charge is 0.329 e. The van der Waals surface area contributed by atoms with Crippen molar-refractivity contribution in [1.29, 1.82) is 0 Å². The third-order valence-corrected chi connectivity index (χ3v) is 2.29. The van der Waals surface area contributed by atoms with Crippen LogP contribution in [0.2, 0.25) is 0 Å². The van der Waals surface area contributed by atoms with E-state index in [2.05, 4.69) is 20.9 Å². The van der Waals surface area contributed by atoms with Crippen LogP contribution in [-0.2, 0) is 0 Å². The maximum absolute atomic E-state index is 12.3. The lowest BCUT2D eigenvalue weighted by Crippen LogP contribution is -2.40. The fraction of sp³-hybridized carbons (Fsp3) is 0.400. The number of halogens is 4. The summed E-state index contributed by atoms with van der Waals surface area (Å²) in [6.07, 6.45) is -1.66. The fourth-order valence-electron chi connectivity index (χ4n) is 1.25. The number of aromatic nitrogens is 1. The number of nitrogens with zero attached hydrogens (tertiary/aromatic N) is 2. The van der Waals surface area contributed by atoms with Crippen molar-refractivity contribution in [3.8, 4) is 0 Å². The van der Waals surface area contributed by atoms with Gasteiger partial charge in [0.2, 0.25) is 0 Å². The average molecular weight is 311 g/mol. The molecule has 1 aromatic heterocycles. The van der Waals surface area contributed by atoms with E-state index in [1.54, 1.807) is 0 Å². The summed E-state index contributed by atoms with van der Waals surface area (Å²) in [5.41, 5.74) is 0.199. The van der Waals surface area contributed by atoms with Gasteiger partial charge in [-0.15, -0.1) is 0 Å². The Bertz CT molecular complexity index is 370. The fourth-order valence-corrected chi connectivity index (χ4v) is 1.68. The lowest BCUT2D eigenvalue weighted by atomic mass is 10.2. The zero-order valence-corrected chi connectivity index (χ0v) is 10.3. The molecule has 0 fully saturated rings. The Morgan fingerprint density at radius 3 is 2.41 bits per heavy atom. The molecule has 17 heavy (non-hydrogen) atoms. The largest absolute Gasteiger partial charge is 0.406 e. The molecule has 1 amide bonds. The molecule has 0 N–H and O–H groups in total. The van der Waals surface area contributed by atoms with Crippen molar-refractivity contribution in [2.24, 2.45) is 0 Å². The molecule has 0 unspecified atom stereocenters. The molecule has 0 bridgehead atoms. The van der Waals surface area contributed by atoms with Crippen LogP contribution in [0.3, 0.4) is 0 Å². The van der Waals surface area contributed by atoms with Crippen molar-refractivity contribution in [3.63, 3.8) is 0 Å². The van der Waals surface area contributed by atoms with Crippen LogP contribution in [0, 0.1) is 0 Å². The van der Waals surface area contributed by atoms with Gasteiger partial charge in [0, 0.05) is 29.8 Å². The number of pyridine rings is 1. The SMILES string of the molecule is O=C(c1ccncc1)N(CCBr)CC(F)(F)F. The number of hydrogen-bond donors (Lipinski definition) is 0. The molecule has 1 rings (SSSR count). The number of amides is 1. The van der Waals surface area contributed by atoms with E-state index in [-0.39, 0.29) is 12.1 Å². The number of rotatable bonds is 4. The van der Waals surface area contributed by atoms with Crippen molar-refractivity contribution in [2.75, 3.05) is 18.4 Å². The van der Waals surface area contributed by atoms with Crippen LogP contribution < -0.4 is 0 Å². The Morgan fingerprint density at radius 1 is 1.35 bits per heavy atom. The molecule has 0 saturated heterocycles. The van der Waals surface area contributed by atoms with E-state index in [1.165, 1.54) is 24.5 Å². The molecule has 0 aromatic carbocycles. The van der Waals surface area contributed by atoms with Crippen LogP contribution in [0.5, 0.6) is 0 Å². The van der Waals surface area contributed by atoms with Gasteiger partial charge < -0.3 is 4.90 Å². The average Bonchev–Trinajstić information content (AvgIpc) is 2.27. The van der Waals surface area contributed by atoms with Gasteiger partial charge in [0.05, 0.1) is 0 Å². The highest BCUT2D eigenvalue weighted by Gasteiger charge is 2.32. The standard InChI is InChI=1S/C10H10BrF3N2O/c11-3-6-16(7-10(12,13)14)9(17)8-1-4-15-5-2-8/h1-2,4-5H,3,6-7H2. The van der Waals surface area contributed by atoms with E-state index in [4.69, 9.17) is 0 Å². The molecule has 0 aliphatic heterocycles. The van der Waals surface area contributed by atoms with Crippen molar-refractivity contribution >= 4 is 21.8 Å². The molecule has 0 aliphatic carbocycles. The van der Waals surface area contributed by atoms with Crippen molar-refractivity contribution in [1.82, 2.24) is 9.88 Å². The Balaban J connectivity index is 2.81. The molecule has 3 nitrogen and oxygen atoms in total. The predicted octanol–water partition coefficient (Wildman–Crippen LogP) is 2.48. The van der Waals surface area contributed by atoms with Gasteiger partial charge >= 0.3 is 6.18 Å². The molecule has 1 aromatic rings. The lowest BCUT2D eigenvalue weighted by Gasteiger charge is -2.23. The van der Waals surface area contributed by atoms with Crippen LogP contribution >= 0.6 is 15.9 Å². The molecular formula is C10H10BrF3N2O. The second-order valence-corrected chi connectivity index (χ2v) is 4.06. The van der Waals surface area contributed by atoms with Gasteiger partial charge in [-0.25, -0.2) is 0 Å². The maximum atomic E-state index is 12.3. The summed E-state index contributed by atoms with van der Waals surface area (Å²) in [5.74, 6) is -0.649. The Kier molecular flexibility index (Phi) is 4.92. The predicted molar refractivity (Wildman–Crippen MR) is 60.0 cm³/mol. The van der Waals surface area contributed by atoms with Crippen molar-refractivity contribution < 1.29 is 18.0 Å². The monoisotopic (exact) mass is 310 g/mol. The first-order valence-corrected chi connectivity index (χ1v) is 5.88. The van der Waals surface area contributed by atoms with E-state index in [9.17, 15) is 18.0 Å². The van der Waals surface area contributed by atoms with Gasteiger partial charge in [-0.3, -0.25) is 9.78 Å². The maximum Gasteiger partial charge on any atom is 0.406 e. The summed E-state index contributed by atoms with van der Waals surface area (Å²) >= 11 is 3.02. The summed E-state index contributed by atoms with van der Waals surface area (Å²) in [6.45, 7) is -1.25. The minimum atomic E-state index is -4.40. The molecule has 0 atom stereocenters. The zero-order valence-electron chi connectivity index (χ0n) is 8.75. The molecule has 0 saturated carbocycles. The highest BCUT2D eigenvalue weighted by atomic mass is 79.9. The van der Waals surface area contributed by atoms with E-state index in [1.807, 2.05) is 0 Å². The highest BCUT2D eigenvalue weighted by Crippen LogP contribution is 2.18. The van der Waals surface area contributed by atoms with Crippen LogP contribution in [-0.4, -0.2) is 40.4 Å². The number of carbonyl (C=O) groups excluding carboxylic acids is 1. The quantitative estimate of drug-likeness (QED) is 0.801. The first-order chi connectivity index (χ1) is 7.94. The van der Waals surface area contributed by atoms with Crippen molar-refractivity contribution in [3.05, 3.63) is 30.1 Å². The van der Waals surface area contributed by atoms with Crippen LogP contribution in [0.1, 0.15) is 10.4 Å². The van der Waals surface area contributed by atoms with E-state index < -0.39 is 18.6 Å². The van der Waals surface area contributed by atoms with Crippen LogP contribution in [0.15, 0.2) is 24.5 Å². The molecule has 7 heteroatoms. The Labute approximate surface area is 105 Å². The van der Waals surface area contributed by atoms with E-state index >= 15 is 0 Å². The number of alkyl halides is 4. The van der Waals surface area contributed by atoms with E-state index in [0.717, 1.165) is 4.90 Å². The van der Waals surface area contributed by atoms with Gasteiger partial charge in [-0.1, -0.05) is 15.9 Å². The normalized spacial score (nSPS) is 11.3. The Morgan fingerprint density at radius 2 is 1.94 bits per heavy atom. The van der Waals surface area contributed by atoms with E-state index in [0.29, 0.717) is 5.33 Å². The van der Waals surface area contributed by atoms with Crippen LogP contribution in [0.25, 0.3) is 0 Å². The second kappa shape index (κ2) is 6.00. The summed E-state index contributed by atoms with van der Waals surface area (Å²) < 4.78 is 36.9. The van der Waals surface area contributed by atoms with Crippen molar-refractivity contribution in [2.45, 2.75) is 6.18 Å². The summed E-state index contributed by atoms with van der Waals surface area (Å²) in [4.78, 5) is 16.2. The highest BCUT2D eigenvalue weighted by molar-refractivity contribution is 9.09. The summed E-state index contributed by atoms with van der Waals surface area (Å²) in [7, 11) is 0. The van der Waals surface area contributed by atoms with Gasteiger partial charge in [-0.05, 0) is 12.1 Å². The topological polar surface area (TPSA) is 33.2 Å². The molecule has 0 aliphatic rings. The minimum absolute atomic E-state index is 0.000661. The van der Waals surface area contributed by atoms with Crippen LogP contribution in [0.4, 0.5) is 13.2 Å². The van der Waals surface area contributed by atoms with Gasteiger partial charge in [0.25, 0.3) is 5.91 Å². The first-order valence-electron chi connectivity index (χ1n) is 4.76. The Hall–Kier alpha value is -1.11. The first kappa shape index (κ1) is 14.0. The van der Waals surface area contributed by atoms with Gasteiger partial charge in [-0.2, -0.15) is 13.2 Å². The summed E-state index contributed by atoms with van der Waals surface area (Å²) in [5, 5.41) is 0.292. The zero-order chi connectivity index (χ0) is 12.9. The molecule has 0 spiro atoms. The third-order valence-electron chi connectivity index (χ3n) is 1.94. The molecule has 1 heterocycles. The van der Waals surface area contributed by atoms with Gasteiger partial charge in [0.15, 0.2) is 0 Å². The number of carbonyl (C=O) groups is 1.